The van der Waals surface area contributed by atoms with Crippen molar-refractivity contribution in [2.45, 2.75) is 39.3 Å². The summed E-state index contributed by atoms with van der Waals surface area (Å²) in [5, 5.41) is 10.6. The number of alkyl halides is 3. The molecule has 9 nitrogen and oxygen atoms in total. The maximum absolute atomic E-state index is 14.5. The zero-order valence-electron chi connectivity index (χ0n) is 19.5. The minimum Gasteiger partial charge on any atom is -0.406 e. The molecule has 0 amide bonds. The first-order valence-electron chi connectivity index (χ1n) is 10.9. The Kier molecular flexibility index (Phi) is 7.02. The summed E-state index contributed by atoms with van der Waals surface area (Å²) in [5.41, 5.74) is 0.655. The Morgan fingerprint density at radius 1 is 1.14 bits per heavy atom. The van der Waals surface area contributed by atoms with Crippen molar-refractivity contribution in [3.63, 3.8) is 0 Å². The lowest BCUT2D eigenvalue weighted by Crippen LogP contribution is -2.46. The number of carbonyl (C=O) groups is 1. The summed E-state index contributed by atoms with van der Waals surface area (Å²) >= 11 is 0. The van der Waals surface area contributed by atoms with Crippen molar-refractivity contribution < 1.29 is 31.8 Å². The number of morpholine rings is 1. The van der Waals surface area contributed by atoms with E-state index >= 15 is 0 Å². The van der Waals surface area contributed by atoms with E-state index in [1.807, 2.05) is 18.7 Å². The van der Waals surface area contributed by atoms with Crippen LogP contribution in [-0.2, 0) is 4.74 Å². The topological polar surface area (TPSA) is 102 Å². The van der Waals surface area contributed by atoms with Crippen molar-refractivity contribution in [2.24, 2.45) is 0 Å². The van der Waals surface area contributed by atoms with Gasteiger partial charge in [0.15, 0.2) is 23.2 Å². The molecule has 3 heterocycles. The van der Waals surface area contributed by atoms with Gasteiger partial charge < -0.3 is 19.7 Å². The Balaban J connectivity index is 1.63. The Bertz CT molecular complexity index is 1250. The molecule has 1 saturated heterocycles. The van der Waals surface area contributed by atoms with Gasteiger partial charge in [0.2, 0.25) is 5.95 Å². The maximum Gasteiger partial charge on any atom is 0.573 e. The van der Waals surface area contributed by atoms with Crippen LogP contribution in [0.4, 0.5) is 35.1 Å². The van der Waals surface area contributed by atoms with Crippen LogP contribution in [0.25, 0.3) is 11.1 Å². The molecule has 4 rings (SSSR count). The molecule has 3 aromatic rings. The molecule has 0 unspecified atom stereocenters. The van der Waals surface area contributed by atoms with Gasteiger partial charge in [0.25, 0.3) is 0 Å². The lowest BCUT2D eigenvalue weighted by Gasteiger charge is -2.35. The molecule has 2 atom stereocenters. The second-order valence-electron chi connectivity index (χ2n) is 8.27. The van der Waals surface area contributed by atoms with Crippen molar-refractivity contribution in [1.29, 1.82) is 0 Å². The third-order valence-electron chi connectivity index (χ3n) is 5.21. The van der Waals surface area contributed by atoms with Gasteiger partial charge in [0.05, 0.1) is 18.4 Å². The number of carbonyl (C=O) groups excluding carboxylic acids is 1. The molecule has 36 heavy (non-hydrogen) atoms. The lowest BCUT2D eigenvalue weighted by molar-refractivity contribution is -0.274. The zero-order chi connectivity index (χ0) is 26.0. The van der Waals surface area contributed by atoms with Crippen LogP contribution in [0.2, 0.25) is 0 Å². The summed E-state index contributed by atoms with van der Waals surface area (Å²) in [4.78, 5) is 22.3. The number of anilines is 3. The number of benzene rings is 1. The second-order valence-corrected chi connectivity index (χ2v) is 8.27. The standard InChI is InChI=1S/C23H22F4N6O3/c1-12-10-33(11-13(2)35-12)22-28-9-18(24)21(30-22)29-19-8-17(20(14(3)34)32-31-19)15-4-6-16(7-5-15)36-23(25,26)27/h4-9,12-13H,10-11H2,1-3H3,(H,28,29,30,31)/t12-,13+. The largest absolute Gasteiger partial charge is 0.573 e. The van der Waals surface area contributed by atoms with Crippen LogP contribution in [-0.4, -0.2) is 57.6 Å². The summed E-state index contributed by atoms with van der Waals surface area (Å²) < 4.78 is 61.5. The first kappa shape index (κ1) is 25.2. The molecule has 1 aliphatic heterocycles. The summed E-state index contributed by atoms with van der Waals surface area (Å²) in [6.07, 6.45) is -3.91. The molecular formula is C23H22F4N6O3. The molecule has 2 aromatic heterocycles. The van der Waals surface area contributed by atoms with E-state index in [1.54, 1.807) is 0 Å². The van der Waals surface area contributed by atoms with Crippen LogP contribution < -0.4 is 15.0 Å². The van der Waals surface area contributed by atoms with Crippen LogP contribution in [0, 0.1) is 5.82 Å². The number of nitrogens with zero attached hydrogens (tertiary/aromatic N) is 5. The monoisotopic (exact) mass is 506 g/mol. The summed E-state index contributed by atoms with van der Waals surface area (Å²) in [6.45, 7) is 6.17. The second kappa shape index (κ2) is 10.0. The maximum atomic E-state index is 14.5. The van der Waals surface area contributed by atoms with Crippen molar-refractivity contribution in [2.75, 3.05) is 23.3 Å². The third kappa shape index (κ3) is 6.03. The van der Waals surface area contributed by atoms with Gasteiger partial charge in [-0.25, -0.2) is 9.37 Å². The van der Waals surface area contributed by atoms with E-state index in [-0.39, 0.29) is 35.1 Å². The van der Waals surface area contributed by atoms with Gasteiger partial charge >= 0.3 is 6.36 Å². The number of ether oxygens (including phenoxy) is 2. The summed E-state index contributed by atoms with van der Waals surface area (Å²) in [7, 11) is 0. The Hall–Kier alpha value is -3.87. The quantitative estimate of drug-likeness (QED) is 0.382. The highest BCUT2D eigenvalue weighted by molar-refractivity contribution is 5.99. The molecule has 1 aromatic carbocycles. The molecule has 0 saturated carbocycles. The van der Waals surface area contributed by atoms with E-state index in [2.05, 4.69) is 30.2 Å². The van der Waals surface area contributed by atoms with Crippen LogP contribution in [0.1, 0.15) is 31.3 Å². The Morgan fingerprint density at radius 3 is 2.42 bits per heavy atom. The molecule has 190 valence electrons. The molecule has 13 heteroatoms. The van der Waals surface area contributed by atoms with E-state index in [0.29, 0.717) is 24.6 Å². The average molecular weight is 506 g/mol. The molecule has 0 spiro atoms. The third-order valence-corrected chi connectivity index (χ3v) is 5.21. The fraction of sp³-hybridized carbons (Fsp3) is 0.348. The van der Waals surface area contributed by atoms with Crippen molar-refractivity contribution in [3.05, 3.63) is 48.0 Å². The molecular weight excluding hydrogens is 484 g/mol. The number of Topliss-reactive ketones (excluding diaryl/α,β-unsaturated/α-hetero) is 1. The van der Waals surface area contributed by atoms with Gasteiger partial charge in [-0.2, -0.15) is 4.98 Å². The van der Waals surface area contributed by atoms with Gasteiger partial charge in [-0.05, 0) is 37.6 Å². The molecule has 0 radical (unpaired) electrons. The Morgan fingerprint density at radius 2 is 1.81 bits per heavy atom. The van der Waals surface area contributed by atoms with Gasteiger partial charge in [-0.15, -0.1) is 23.4 Å². The zero-order valence-corrected chi connectivity index (χ0v) is 19.5. The molecule has 0 bridgehead atoms. The summed E-state index contributed by atoms with van der Waals surface area (Å²) in [6, 6.07) is 6.35. The molecule has 0 aliphatic carbocycles. The van der Waals surface area contributed by atoms with E-state index in [9.17, 15) is 22.4 Å². The average Bonchev–Trinajstić information content (AvgIpc) is 2.79. The molecule has 1 aliphatic rings. The number of nitrogens with one attached hydrogen (secondary N) is 1. The lowest BCUT2D eigenvalue weighted by atomic mass is 10.0. The van der Waals surface area contributed by atoms with Gasteiger partial charge in [0, 0.05) is 25.6 Å². The number of rotatable bonds is 6. The fourth-order valence-electron chi connectivity index (χ4n) is 3.83. The van der Waals surface area contributed by atoms with Gasteiger partial charge in [0.1, 0.15) is 11.4 Å². The highest BCUT2D eigenvalue weighted by atomic mass is 19.4. The number of halogens is 4. The highest BCUT2D eigenvalue weighted by Crippen LogP contribution is 2.30. The van der Waals surface area contributed by atoms with E-state index in [1.165, 1.54) is 25.1 Å². The van der Waals surface area contributed by atoms with E-state index in [0.717, 1.165) is 18.3 Å². The first-order chi connectivity index (χ1) is 17.0. The Labute approximate surface area is 203 Å². The number of hydrogen-bond donors (Lipinski definition) is 1. The molecule has 1 fully saturated rings. The van der Waals surface area contributed by atoms with Crippen LogP contribution >= 0.6 is 0 Å². The van der Waals surface area contributed by atoms with Crippen molar-refractivity contribution in [1.82, 2.24) is 20.2 Å². The smallest absolute Gasteiger partial charge is 0.406 e. The predicted molar refractivity (Wildman–Crippen MR) is 122 cm³/mol. The number of aromatic nitrogens is 4. The fourth-order valence-corrected chi connectivity index (χ4v) is 3.83. The van der Waals surface area contributed by atoms with Crippen molar-refractivity contribution >= 4 is 23.4 Å². The van der Waals surface area contributed by atoms with Crippen LogP contribution in [0.3, 0.4) is 0 Å². The minimum absolute atomic E-state index is 0.00909. The molecule has 1 N–H and O–H groups in total. The summed E-state index contributed by atoms with van der Waals surface area (Å²) in [5.74, 6) is -1.35. The number of ketones is 1. The van der Waals surface area contributed by atoms with Crippen LogP contribution in [0.15, 0.2) is 36.5 Å². The highest BCUT2D eigenvalue weighted by Gasteiger charge is 2.31. The van der Waals surface area contributed by atoms with E-state index in [4.69, 9.17) is 4.74 Å². The van der Waals surface area contributed by atoms with Gasteiger partial charge in [-0.3, -0.25) is 4.79 Å². The first-order valence-corrected chi connectivity index (χ1v) is 10.9. The predicted octanol–water partition coefficient (Wildman–Crippen LogP) is 4.53. The number of hydrogen-bond acceptors (Lipinski definition) is 9. The van der Waals surface area contributed by atoms with Gasteiger partial charge in [-0.1, -0.05) is 12.1 Å². The SMILES string of the molecule is CC(=O)c1nnc(Nc2nc(N3C[C@@H](C)O[C@@H](C)C3)ncc2F)cc1-c1ccc(OC(F)(F)F)cc1. The normalized spacial score (nSPS) is 18.1. The minimum atomic E-state index is -4.83. The van der Waals surface area contributed by atoms with E-state index < -0.39 is 23.7 Å². The van der Waals surface area contributed by atoms with Crippen molar-refractivity contribution in [3.8, 4) is 16.9 Å². The van der Waals surface area contributed by atoms with Crippen LogP contribution in [0.5, 0.6) is 5.75 Å².